The summed E-state index contributed by atoms with van der Waals surface area (Å²) in [6.45, 7) is 5.50. The number of imidazole rings is 1. The molecule has 2 aromatic rings. The van der Waals surface area contributed by atoms with Gasteiger partial charge in [-0.15, -0.1) is 0 Å². The molecule has 2 saturated heterocycles. The van der Waals surface area contributed by atoms with Gasteiger partial charge in [0.25, 0.3) is 5.91 Å². The predicted octanol–water partition coefficient (Wildman–Crippen LogP) is 1.24. The van der Waals surface area contributed by atoms with Crippen LogP contribution in [0, 0.1) is 5.92 Å². The molecule has 3 amide bonds. The largest absolute Gasteiger partial charge is 0.334 e. The van der Waals surface area contributed by atoms with Gasteiger partial charge in [0.2, 0.25) is 0 Å². The van der Waals surface area contributed by atoms with Crippen molar-refractivity contribution >= 4 is 11.9 Å². The van der Waals surface area contributed by atoms with Crippen molar-refractivity contribution in [2.75, 3.05) is 13.1 Å². The highest BCUT2D eigenvalue weighted by Gasteiger charge is 2.54. The molecule has 2 aliphatic heterocycles. The number of urea groups is 1. The number of hydrogen-bond donors (Lipinski definition) is 2. The zero-order chi connectivity index (χ0) is 18.9. The van der Waals surface area contributed by atoms with E-state index in [4.69, 9.17) is 0 Å². The third kappa shape index (κ3) is 3.10. The number of likely N-dealkylation sites (tertiary alicyclic amines) is 1. The molecule has 2 aliphatic rings. The van der Waals surface area contributed by atoms with Gasteiger partial charge in [0.1, 0.15) is 5.82 Å². The van der Waals surface area contributed by atoms with Crippen molar-refractivity contribution in [1.29, 1.82) is 0 Å². The summed E-state index contributed by atoms with van der Waals surface area (Å²) in [5.74, 6) is 0.759. The molecule has 0 aliphatic carbocycles. The van der Waals surface area contributed by atoms with Gasteiger partial charge in [-0.25, -0.2) is 9.78 Å². The standard InChI is InChI=1S/C19H24N6O2/c1-2-25-12-9-21-16(25)13-24-10-6-14(7-11-24)19(15-5-3-4-8-20-15)17(26)22-18(27)23-19/h3-5,8-9,12,14H,2,6-7,10-11,13H2,1H3,(H2,22,23,26,27)/t19-/m1/s1. The third-order valence-corrected chi connectivity index (χ3v) is 5.67. The number of nitrogens with one attached hydrogen (secondary N) is 2. The fourth-order valence-electron chi connectivity index (χ4n) is 4.25. The van der Waals surface area contributed by atoms with Crippen LogP contribution in [0.1, 0.15) is 31.3 Å². The maximum atomic E-state index is 12.8. The van der Waals surface area contributed by atoms with Gasteiger partial charge in [-0.1, -0.05) is 6.07 Å². The van der Waals surface area contributed by atoms with Crippen LogP contribution in [-0.4, -0.2) is 44.5 Å². The first-order valence-electron chi connectivity index (χ1n) is 9.41. The number of imide groups is 1. The van der Waals surface area contributed by atoms with Crippen LogP contribution in [0.3, 0.4) is 0 Å². The van der Waals surface area contributed by atoms with Crippen LogP contribution in [0.15, 0.2) is 36.8 Å². The molecule has 142 valence electrons. The van der Waals surface area contributed by atoms with Gasteiger partial charge in [0.05, 0.1) is 12.2 Å². The normalized spacial score (nSPS) is 24.0. The molecule has 8 heteroatoms. The fraction of sp³-hybridized carbons (Fsp3) is 0.474. The molecular weight excluding hydrogens is 344 g/mol. The molecule has 2 aromatic heterocycles. The number of pyridine rings is 1. The van der Waals surface area contributed by atoms with E-state index in [1.807, 2.05) is 30.6 Å². The molecule has 1 atom stereocenters. The van der Waals surface area contributed by atoms with Crippen molar-refractivity contribution in [3.05, 3.63) is 48.3 Å². The number of carbonyl (C=O) groups excluding carboxylic acids is 2. The lowest BCUT2D eigenvalue weighted by molar-refractivity contribution is -0.127. The van der Waals surface area contributed by atoms with E-state index >= 15 is 0 Å². The molecule has 0 radical (unpaired) electrons. The molecule has 0 aromatic carbocycles. The zero-order valence-corrected chi connectivity index (χ0v) is 15.4. The van der Waals surface area contributed by atoms with Crippen molar-refractivity contribution in [3.8, 4) is 0 Å². The Kier molecular flexibility index (Phi) is 4.65. The molecule has 0 spiro atoms. The van der Waals surface area contributed by atoms with Crippen LogP contribution in [0.25, 0.3) is 0 Å². The van der Waals surface area contributed by atoms with Crippen molar-refractivity contribution in [2.24, 2.45) is 5.92 Å². The van der Waals surface area contributed by atoms with Gasteiger partial charge < -0.3 is 9.88 Å². The second-order valence-corrected chi connectivity index (χ2v) is 7.11. The number of piperidine rings is 1. The summed E-state index contributed by atoms with van der Waals surface area (Å²) in [5.41, 5.74) is -0.472. The van der Waals surface area contributed by atoms with Crippen molar-refractivity contribution in [3.63, 3.8) is 0 Å². The lowest BCUT2D eigenvalue weighted by Crippen LogP contribution is -2.54. The number of hydrogen-bond acceptors (Lipinski definition) is 5. The van der Waals surface area contributed by atoms with E-state index in [-0.39, 0.29) is 11.8 Å². The lowest BCUT2D eigenvalue weighted by atomic mass is 9.75. The summed E-state index contributed by atoms with van der Waals surface area (Å²) in [7, 11) is 0. The van der Waals surface area contributed by atoms with E-state index in [0.29, 0.717) is 5.69 Å². The molecule has 0 saturated carbocycles. The Morgan fingerprint density at radius 2 is 2.00 bits per heavy atom. The van der Waals surface area contributed by atoms with E-state index in [1.165, 1.54) is 0 Å². The minimum Gasteiger partial charge on any atom is -0.334 e. The summed E-state index contributed by atoms with van der Waals surface area (Å²) in [6.07, 6.45) is 7.10. The summed E-state index contributed by atoms with van der Waals surface area (Å²) < 4.78 is 2.14. The fourth-order valence-corrected chi connectivity index (χ4v) is 4.25. The molecule has 2 N–H and O–H groups in total. The Morgan fingerprint density at radius 1 is 1.19 bits per heavy atom. The number of aryl methyl sites for hydroxylation is 1. The maximum absolute atomic E-state index is 12.8. The molecule has 8 nitrogen and oxygen atoms in total. The van der Waals surface area contributed by atoms with Crippen LogP contribution < -0.4 is 10.6 Å². The number of rotatable bonds is 5. The Balaban J connectivity index is 1.51. The van der Waals surface area contributed by atoms with Gasteiger partial charge in [0.15, 0.2) is 5.54 Å². The number of carbonyl (C=O) groups is 2. The van der Waals surface area contributed by atoms with Gasteiger partial charge in [-0.2, -0.15) is 0 Å². The maximum Gasteiger partial charge on any atom is 0.322 e. The summed E-state index contributed by atoms with van der Waals surface area (Å²) in [4.78, 5) is 35.9. The average Bonchev–Trinajstić information content (AvgIpc) is 3.26. The third-order valence-electron chi connectivity index (χ3n) is 5.67. The van der Waals surface area contributed by atoms with E-state index in [9.17, 15) is 9.59 Å². The molecule has 0 unspecified atom stereocenters. The highest BCUT2D eigenvalue weighted by Crippen LogP contribution is 2.38. The van der Waals surface area contributed by atoms with Crippen LogP contribution in [0.4, 0.5) is 4.79 Å². The van der Waals surface area contributed by atoms with Crippen LogP contribution in [-0.2, 0) is 23.4 Å². The SMILES string of the molecule is CCn1ccnc1CN1CCC([C@]2(c3ccccn3)NC(=O)NC2=O)CC1. The van der Waals surface area contributed by atoms with E-state index < -0.39 is 11.6 Å². The van der Waals surface area contributed by atoms with E-state index in [2.05, 4.69) is 37.0 Å². The van der Waals surface area contributed by atoms with E-state index in [1.54, 1.807) is 6.20 Å². The molecular formula is C19H24N6O2. The van der Waals surface area contributed by atoms with Gasteiger partial charge >= 0.3 is 6.03 Å². The first-order valence-corrected chi connectivity index (χ1v) is 9.41. The highest BCUT2D eigenvalue weighted by molar-refractivity contribution is 6.07. The Morgan fingerprint density at radius 3 is 2.63 bits per heavy atom. The first kappa shape index (κ1) is 17.7. The monoisotopic (exact) mass is 368 g/mol. The van der Waals surface area contributed by atoms with Crippen molar-refractivity contribution in [2.45, 2.75) is 38.4 Å². The molecule has 2 fully saturated rings. The molecule has 4 heterocycles. The van der Waals surface area contributed by atoms with E-state index in [0.717, 1.165) is 44.8 Å². The van der Waals surface area contributed by atoms with Crippen LogP contribution in [0.2, 0.25) is 0 Å². The summed E-state index contributed by atoms with van der Waals surface area (Å²) in [6, 6.07) is 5.03. The Bertz CT molecular complexity index is 828. The number of amides is 3. The summed E-state index contributed by atoms with van der Waals surface area (Å²) in [5, 5.41) is 5.29. The molecule has 27 heavy (non-hydrogen) atoms. The van der Waals surface area contributed by atoms with Gasteiger partial charge in [-0.3, -0.25) is 20.0 Å². The second-order valence-electron chi connectivity index (χ2n) is 7.11. The number of nitrogens with zero attached hydrogens (tertiary/aromatic N) is 4. The van der Waals surface area contributed by atoms with Crippen molar-refractivity contribution < 1.29 is 9.59 Å². The molecule has 0 bridgehead atoms. The van der Waals surface area contributed by atoms with Crippen molar-refractivity contribution in [1.82, 2.24) is 30.1 Å². The van der Waals surface area contributed by atoms with Gasteiger partial charge in [-0.05, 0) is 50.9 Å². The highest BCUT2D eigenvalue weighted by atomic mass is 16.2. The first-order chi connectivity index (χ1) is 13.1. The minimum absolute atomic E-state index is 0.000944. The number of aromatic nitrogens is 3. The van der Waals surface area contributed by atoms with Crippen LogP contribution in [0.5, 0.6) is 0 Å². The zero-order valence-electron chi connectivity index (χ0n) is 15.4. The lowest BCUT2D eigenvalue weighted by Gasteiger charge is -2.40. The Labute approximate surface area is 158 Å². The molecule has 4 rings (SSSR count). The smallest absolute Gasteiger partial charge is 0.322 e. The Hall–Kier alpha value is -2.74. The van der Waals surface area contributed by atoms with Gasteiger partial charge in [0, 0.05) is 25.1 Å². The average molecular weight is 368 g/mol. The van der Waals surface area contributed by atoms with Crippen LogP contribution >= 0.6 is 0 Å². The topological polar surface area (TPSA) is 92.2 Å². The minimum atomic E-state index is -1.08. The summed E-state index contributed by atoms with van der Waals surface area (Å²) >= 11 is 0. The second kappa shape index (κ2) is 7.11. The predicted molar refractivity (Wildman–Crippen MR) is 98.5 cm³/mol. The quantitative estimate of drug-likeness (QED) is 0.775.